The van der Waals surface area contributed by atoms with Crippen LogP contribution in [0.15, 0.2) is 30.7 Å². The summed E-state index contributed by atoms with van der Waals surface area (Å²) in [6.07, 6.45) is 6.30. The molecule has 0 aliphatic carbocycles. The Morgan fingerprint density at radius 2 is 2.04 bits per heavy atom. The lowest BCUT2D eigenvalue weighted by Gasteiger charge is -2.36. The normalized spacial score (nSPS) is 21.9. The van der Waals surface area contributed by atoms with E-state index in [2.05, 4.69) is 14.5 Å². The molecule has 1 amide bonds. The van der Waals surface area contributed by atoms with Gasteiger partial charge in [0.25, 0.3) is 5.91 Å². The number of hydrogen-bond donors (Lipinski definition) is 0. The topological polar surface area (TPSA) is 59.8 Å². The van der Waals surface area contributed by atoms with Gasteiger partial charge in [0.15, 0.2) is 11.5 Å². The zero-order chi connectivity index (χ0) is 18.2. The lowest BCUT2D eigenvalue weighted by atomic mass is 10.1. The quantitative estimate of drug-likeness (QED) is 0.829. The van der Waals surface area contributed by atoms with Crippen LogP contribution in [0.4, 0.5) is 0 Å². The molecule has 7 nitrogen and oxygen atoms in total. The number of ether oxygens (including phenoxy) is 2. The number of imidazole rings is 1. The van der Waals surface area contributed by atoms with Gasteiger partial charge in [0.1, 0.15) is 13.2 Å². The highest BCUT2D eigenvalue weighted by atomic mass is 16.6. The first-order valence-corrected chi connectivity index (χ1v) is 9.70. The van der Waals surface area contributed by atoms with E-state index in [1.807, 2.05) is 35.6 Å². The van der Waals surface area contributed by atoms with Crippen LogP contribution in [0.3, 0.4) is 0 Å². The number of fused-ring (bicyclic) bond motifs is 2. The van der Waals surface area contributed by atoms with Gasteiger partial charge in [0.2, 0.25) is 0 Å². The number of rotatable bonds is 3. The molecular weight excluding hydrogens is 344 g/mol. The molecule has 4 heterocycles. The fraction of sp³-hybridized carbons (Fsp3) is 0.500. The Bertz CT molecular complexity index is 844. The fourth-order valence-corrected chi connectivity index (χ4v) is 4.36. The largest absolute Gasteiger partial charge is 0.486 e. The van der Waals surface area contributed by atoms with Crippen molar-refractivity contribution < 1.29 is 14.3 Å². The van der Waals surface area contributed by atoms with Crippen molar-refractivity contribution in [2.45, 2.75) is 25.4 Å². The van der Waals surface area contributed by atoms with Crippen molar-refractivity contribution in [3.05, 3.63) is 42.0 Å². The van der Waals surface area contributed by atoms with Gasteiger partial charge in [-0.05, 0) is 38.1 Å². The zero-order valence-corrected chi connectivity index (χ0v) is 15.3. The molecule has 1 unspecified atom stereocenters. The maximum absolute atomic E-state index is 13.3. The maximum atomic E-state index is 13.3. The van der Waals surface area contributed by atoms with Gasteiger partial charge in [-0.1, -0.05) is 6.07 Å². The van der Waals surface area contributed by atoms with Crippen molar-refractivity contribution in [2.24, 2.45) is 0 Å². The number of aromatic nitrogens is 2. The van der Waals surface area contributed by atoms with Crippen LogP contribution in [-0.4, -0.2) is 64.7 Å². The fourth-order valence-electron chi connectivity index (χ4n) is 4.36. The molecule has 0 saturated carbocycles. The van der Waals surface area contributed by atoms with E-state index in [0.29, 0.717) is 43.4 Å². The summed E-state index contributed by atoms with van der Waals surface area (Å²) < 4.78 is 13.6. The lowest BCUT2D eigenvalue weighted by molar-refractivity contribution is 0.0649. The zero-order valence-electron chi connectivity index (χ0n) is 15.3. The summed E-state index contributed by atoms with van der Waals surface area (Å²) in [5.41, 5.74) is 1.67. The Morgan fingerprint density at radius 3 is 2.93 bits per heavy atom. The van der Waals surface area contributed by atoms with Crippen molar-refractivity contribution in [3.63, 3.8) is 0 Å². The van der Waals surface area contributed by atoms with E-state index in [1.165, 1.54) is 12.8 Å². The summed E-state index contributed by atoms with van der Waals surface area (Å²) in [5, 5.41) is 0. The summed E-state index contributed by atoms with van der Waals surface area (Å²) in [5.74, 6) is 1.22. The van der Waals surface area contributed by atoms with Crippen molar-refractivity contribution in [2.75, 3.05) is 39.4 Å². The van der Waals surface area contributed by atoms with Crippen molar-refractivity contribution in [1.29, 1.82) is 0 Å². The second-order valence-electron chi connectivity index (χ2n) is 7.47. The number of para-hydroxylation sites is 1. The number of carbonyl (C=O) groups is 1. The summed E-state index contributed by atoms with van der Waals surface area (Å²) in [7, 11) is 0. The molecule has 1 atom stereocenters. The molecule has 7 heteroatoms. The summed E-state index contributed by atoms with van der Waals surface area (Å²) >= 11 is 0. The Balaban J connectivity index is 1.41. The summed E-state index contributed by atoms with van der Waals surface area (Å²) in [6.45, 7) is 5.49. The second kappa shape index (κ2) is 6.88. The highest BCUT2D eigenvalue weighted by Crippen LogP contribution is 2.35. The van der Waals surface area contributed by atoms with E-state index in [0.717, 1.165) is 25.3 Å². The number of carbonyl (C=O) groups excluding carboxylic acids is 1. The van der Waals surface area contributed by atoms with Crippen LogP contribution in [-0.2, 0) is 6.54 Å². The maximum Gasteiger partial charge on any atom is 0.258 e. The summed E-state index contributed by atoms with van der Waals surface area (Å²) in [4.78, 5) is 22.1. The highest BCUT2D eigenvalue weighted by Gasteiger charge is 2.32. The first-order valence-electron chi connectivity index (χ1n) is 9.70. The molecule has 1 saturated heterocycles. The van der Waals surface area contributed by atoms with E-state index in [9.17, 15) is 4.79 Å². The smallest absolute Gasteiger partial charge is 0.258 e. The number of amides is 1. The van der Waals surface area contributed by atoms with E-state index < -0.39 is 0 Å². The minimum absolute atomic E-state index is 0.00350. The molecule has 1 fully saturated rings. The third kappa shape index (κ3) is 3.06. The Kier molecular flexibility index (Phi) is 4.24. The number of hydrogen-bond acceptors (Lipinski definition) is 5. The van der Waals surface area contributed by atoms with Gasteiger partial charge < -0.3 is 23.8 Å². The lowest BCUT2D eigenvalue weighted by Crippen LogP contribution is -2.44. The monoisotopic (exact) mass is 368 g/mol. The van der Waals surface area contributed by atoms with Crippen LogP contribution >= 0.6 is 0 Å². The summed E-state index contributed by atoms with van der Waals surface area (Å²) in [6, 6.07) is 5.77. The van der Waals surface area contributed by atoms with E-state index in [-0.39, 0.29) is 11.9 Å². The Labute approximate surface area is 158 Å². The predicted molar refractivity (Wildman–Crippen MR) is 99.1 cm³/mol. The standard InChI is InChI=1S/C20H24N4O3/c25-20(17-4-3-5-18-19(17)27-9-8-26-18)23-12-15-10-21-14-24(15)16(13-23)11-22-6-1-2-7-22/h3-5,10,14,16H,1-2,6-9,11-13H2. The second-order valence-corrected chi connectivity index (χ2v) is 7.47. The first-order chi connectivity index (χ1) is 13.3. The predicted octanol–water partition coefficient (Wildman–Crippen LogP) is 1.95. The minimum Gasteiger partial charge on any atom is -0.486 e. The van der Waals surface area contributed by atoms with Crippen molar-refractivity contribution in [3.8, 4) is 11.5 Å². The molecule has 27 heavy (non-hydrogen) atoms. The van der Waals surface area contributed by atoms with Gasteiger partial charge in [-0.3, -0.25) is 4.79 Å². The molecule has 0 N–H and O–H groups in total. The molecule has 0 radical (unpaired) electrons. The molecule has 1 aromatic carbocycles. The molecule has 0 bridgehead atoms. The molecule has 3 aliphatic heterocycles. The average molecular weight is 368 g/mol. The molecule has 5 rings (SSSR count). The van der Waals surface area contributed by atoms with Crippen LogP contribution in [0.25, 0.3) is 0 Å². The van der Waals surface area contributed by atoms with Crippen LogP contribution in [0.1, 0.15) is 34.9 Å². The molecular formula is C20H24N4O3. The molecule has 142 valence electrons. The minimum atomic E-state index is -0.00350. The Hall–Kier alpha value is -2.54. The van der Waals surface area contributed by atoms with Crippen LogP contribution in [0.2, 0.25) is 0 Å². The van der Waals surface area contributed by atoms with Gasteiger partial charge in [0, 0.05) is 19.3 Å². The Morgan fingerprint density at radius 1 is 1.19 bits per heavy atom. The molecule has 2 aromatic rings. The van der Waals surface area contributed by atoms with Crippen LogP contribution < -0.4 is 9.47 Å². The molecule has 3 aliphatic rings. The average Bonchev–Trinajstić information content (AvgIpc) is 3.38. The number of likely N-dealkylation sites (tertiary alicyclic amines) is 1. The van der Waals surface area contributed by atoms with Crippen molar-refractivity contribution >= 4 is 5.91 Å². The van der Waals surface area contributed by atoms with Crippen LogP contribution in [0, 0.1) is 0 Å². The van der Waals surface area contributed by atoms with Gasteiger partial charge >= 0.3 is 0 Å². The highest BCUT2D eigenvalue weighted by molar-refractivity contribution is 5.98. The van der Waals surface area contributed by atoms with E-state index in [1.54, 1.807) is 0 Å². The van der Waals surface area contributed by atoms with Crippen molar-refractivity contribution in [1.82, 2.24) is 19.4 Å². The number of nitrogens with zero attached hydrogens (tertiary/aromatic N) is 4. The van der Waals surface area contributed by atoms with Gasteiger partial charge in [-0.25, -0.2) is 4.98 Å². The van der Waals surface area contributed by atoms with Gasteiger partial charge in [0.05, 0.1) is 30.2 Å². The SMILES string of the molecule is O=C(c1cccc2c1OCCO2)N1Cc2cncn2C(CN2CCCC2)C1. The molecule has 0 spiro atoms. The third-order valence-electron chi connectivity index (χ3n) is 5.68. The third-order valence-corrected chi connectivity index (χ3v) is 5.68. The van der Waals surface area contributed by atoms with Gasteiger partial charge in [-0.2, -0.15) is 0 Å². The first kappa shape index (κ1) is 16.6. The van der Waals surface area contributed by atoms with E-state index >= 15 is 0 Å². The molecule has 1 aromatic heterocycles. The van der Waals surface area contributed by atoms with Gasteiger partial charge in [-0.15, -0.1) is 0 Å². The van der Waals surface area contributed by atoms with E-state index in [4.69, 9.17) is 9.47 Å². The van der Waals surface area contributed by atoms with Crippen LogP contribution in [0.5, 0.6) is 11.5 Å². The number of benzene rings is 1.